The number of aromatic nitrogens is 1. The first kappa shape index (κ1) is 14.4. The summed E-state index contributed by atoms with van der Waals surface area (Å²) in [5, 5.41) is 10.4. The van der Waals surface area contributed by atoms with E-state index in [4.69, 9.17) is 0 Å². The SMILES string of the molecule is CN1CCN(Cc2cnc3ccccc3c2)CC1CCO. The molecule has 1 aromatic carbocycles. The van der Waals surface area contributed by atoms with Crippen molar-refractivity contribution < 1.29 is 5.11 Å². The number of benzene rings is 1. The Morgan fingerprint density at radius 1 is 1.29 bits per heavy atom. The zero-order chi connectivity index (χ0) is 14.7. The lowest BCUT2D eigenvalue weighted by Crippen LogP contribution is -2.51. The third-order valence-corrected chi connectivity index (χ3v) is 4.38. The first-order chi connectivity index (χ1) is 10.3. The van der Waals surface area contributed by atoms with Crippen LogP contribution in [0.3, 0.4) is 0 Å². The molecule has 1 aliphatic heterocycles. The maximum absolute atomic E-state index is 9.18. The van der Waals surface area contributed by atoms with Crippen molar-refractivity contribution in [2.45, 2.75) is 19.0 Å². The quantitative estimate of drug-likeness (QED) is 0.929. The first-order valence-electron chi connectivity index (χ1n) is 7.63. The predicted molar refractivity (Wildman–Crippen MR) is 85.1 cm³/mol. The van der Waals surface area contributed by atoms with E-state index < -0.39 is 0 Å². The zero-order valence-corrected chi connectivity index (χ0v) is 12.6. The van der Waals surface area contributed by atoms with Gasteiger partial charge in [0.05, 0.1) is 5.52 Å². The van der Waals surface area contributed by atoms with Crippen LogP contribution >= 0.6 is 0 Å². The highest BCUT2D eigenvalue weighted by atomic mass is 16.3. The van der Waals surface area contributed by atoms with E-state index in [1.54, 1.807) is 0 Å². The van der Waals surface area contributed by atoms with Gasteiger partial charge in [0.2, 0.25) is 0 Å². The molecule has 0 bridgehead atoms. The molecule has 4 heteroatoms. The number of aliphatic hydroxyl groups is 1. The third-order valence-electron chi connectivity index (χ3n) is 4.38. The van der Waals surface area contributed by atoms with Crippen LogP contribution in [0.5, 0.6) is 0 Å². The van der Waals surface area contributed by atoms with Crippen LogP contribution in [0.4, 0.5) is 0 Å². The van der Waals surface area contributed by atoms with Crippen molar-refractivity contribution >= 4 is 10.9 Å². The molecule has 21 heavy (non-hydrogen) atoms. The van der Waals surface area contributed by atoms with Gasteiger partial charge < -0.3 is 10.0 Å². The van der Waals surface area contributed by atoms with Gasteiger partial charge in [-0.25, -0.2) is 0 Å². The van der Waals surface area contributed by atoms with E-state index >= 15 is 0 Å². The minimum absolute atomic E-state index is 0.264. The van der Waals surface area contributed by atoms with Gasteiger partial charge in [0, 0.05) is 50.4 Å². The Kier molecular flexibility index (Phi) is 4.48. The summed E-state index contributed by atoms with van der Waals surface area (Å²) < 4.78 is 0. The summed E-state index contributed by atoms with van der Waals surface area (Å²) in [5.41, 5.74) is 2.32. The molecule has 1 unspecified atom stereocenters. The Labute approximate surface area is 126 Å². The molecule has 0 spiro atoms. The Hall–Kier alpha value is -1.49. The van der Waals surface area contributed by atoms with Crippen LogP contribution in [-0.2, 0) is 6.54 Å². The van der Waals surface area contributed by atoms with Gasteiger partial charge >= 0.3 is 0 Å². The fourth-order valence-corrected chi connectivity index (χ4v) is 3.08. The van der Waals surface area contributed by atoms with Crippen LogP contribution in [0.1, 0.15) is 12.0 Å². The third kappa shape index (κ3) is 3.40. The smallest absolute Gasteiger partial charge is 0.0702 e. The van der Waals surface area contributed by atoms with E-state index in [2.05, 4.69) is 40.0 Å². The van der Waals surface area contributed by atoms with Crippen LogP contribution in [0.2, 0.25) is 0 Å². The van der Waals surface area contributed by atoms with Gasteiger partial charge in [-0.05, 0) is 31.2 Å². The summed E-state index contributed by atoms with van der Waals surface area (Å²) in [6, 6.07) is 10.9. The molecule has 0 aliphatic carbocycles. The molecular formula is C17H23N3O. The van der Waals surface area contributed by atoms with Crippen molar-refractivity contribution in [2.24, 2.45) is 0 Å². The van der Waals surface area contributed by atoms with Crippen LogP contribution < -0.4 is 0 Å². The number of fused-ring (bicyclic) bond motifs is 1. The van der Waals surface area contributed by atoms with Gasteiger partial charge in [-0.15, -0.1) is 0 Å². The van der Waals surface area contributed by atoms with E-state index in [1.165, 1.54) is 10.9 Å². The molecule has 2 aromatic rings. The van der Waals surface area contributed by atoms with E-state index in [0.717, 1.165) is 38.1 Å². The summed E-state index contributed by atoms with van der Waals surface area (Å²) in [5.74, 6) is 0. The molecule has 1 aliphatic rings. The Morgan fingerprint density at radius 2 is 2.14 bits per heavy atom. The fraction of sp³-hybridized carbons (Fsp3) is 0.471. The van der Waals surface area contributed by atoms with Crippen LogP contribution in [0.15, 0.2) is 36.5 Å². The lowest BCUT2D eigenvalue weighted by molar-refractivity contribution is 0.0743. The van der Waals surface area contributed by atoms with Crippen molar-refractivity contribution in [3.8, 4) is 0 Å². The summed E-state index contributed by atoms with van der Waals surface area (Å²) in [6.45, 7) is 4.36. The van der Waals surface area contributed by atoms with Gasteiger partial charge in [0.25, 0.3) is 0 Å². The number of nitrogens with zero attached hydrogens (tertiary/aromatic N) is 3. The van der Waals surface area contributed by atoms with Crippen molar-refractivity contribution in [3.63, 3.8) is 0 Å². The molecular weight excluding hydrogens is 262 g/mol. The molecule has 1 aromatic heterocycles. The van der Waals surface area contributed by atoms with E-state index in [1.807, 2.05) is 18.3 Å². The number of pyridine rings is 1. The molecule has 1 atom stereocenters. The van der Waals surface area contributed by atoms with Gasteiger partial charge in [-0.1, -0.05) is 18.2 Å². The maximum Gasteiger partial charge on any atom is 0.0702 e. The molecule has 112 valence electrons. The van der Waals surface area contributed by atoms with Gasteiger partial charge in [0.15, 0.2) is 0 Å². The second kappa shape index (κ2) is 6.52. The lowest BCUT2D eigenvalue weighted by Gasteiger charge is -2.39. The maximum atomic E-state index is 9.18. The minimum Gasteiger partial charge on any atom is -0.396 e. The van der Waals surface area contributed by atoms with Crippen LogP contribution in [0.25, 0.3) is 10.9 Å². The number of rotatable bonds is 4. The summed E-state index contributed by atoms with van der Waals surface area (Å²) in [6.07, 6.45) is 2.84. The molecule has 0 radical (unpaired) electrons. The van der Waals surface area contributed by atoms with Crippen molar-refractivity contribution in [2.75, 3.05) is 33.3 Å². The topological polar surface area (TPSA) is 39.6 Å². The standard InChI is InChI=1S/C17H23N3O/c1-19-7-8-20(13-16(19)6-9-21)12-14-10-15-4-2-3-5-17(15)18-11-14/h2-5,10-11,16,21H,6-9,12-13H2,1H3. The number of likely N-dealkylation sites (N-methyl/N-ethyl adjacent to an activating group) is 1. The molecule has 1 saturated heterocycles. The van der Waals surface area contributed by atoms with Gasteiger partial charge in [-0.3, -0.25) is 9.88 Å². The second-order valence-electron chi connectivity index (χ2n) is 5.92. The molecule has 4 nitrogen and oxygen atoms in total. The zero-order valence-electron chi connectivity index (χ0n) is 12.6. The normalized spacial score (nSPS) is 21.0. The highest BCUT2D eigenvalue weighted by molar-refractivity contribution is 5.78. The fourth-order valence-electron chi connectivity index (χ4n) is 3.08. The summed E-state index contributed by atoms with van der Waals surface area (Å²) in [7, 11) is 2.15. The number of hydrogen-bond donors (Lipinski definition) is 1. The Balaban J connectivity index is 1.70. The number of para-hydroxylation sites is 1. The average molecular weight is 285 g/mol. The first-order valence-corrected chi connectivity index (χ1v) is 7.63. The average Bonchev–Trinajstić information content (AvgIpc) is 2.51. The molecule has 2 heterocycles. The van der Waals surface area contributed by atoms with Crippen LogP contribution in [-0.4, -0.2) is 59.2 Å². The Morgan fingerprint density at radius 3 is 3.00 bits per heavy atom. The molecule has 0 saturated carbocycles. The molecule has 1 N–H and O–H groups in total. The number of aliphatic hydroxyl groups excluding tert-OH is 1. The van der Waals surface area contributed by atoms with Crippen molar-refractivity contribution in [1.29, 1.82) is 0 Å². The lowest BCUT2D eigenvalue weighted by atomic mass is 10.1. The van der Waals surface area contributed by atoms with Crippen molar-refractivity contribution in [3.05, 3.63) is 42.1 Å². The molecule has 0 amide bonds. The van der Waals surface area contributed by atoms with E-state index in [0.29, 0.717) is 6.04 Å². The summed E-state index contributed by atoms with van der Waals surface area (Å²) in [4.78, 5) is 9.36. The summed E-state index contributed by atoms with van der Waals surface area (Å²) >= 11 is 0. The van der Waals surface area contributed by atoms with Crippen molar-refractivity contribution in [1.82, 2.24) is 14.8 Å². The largest absolute Gasteiger partial charge is 0.396 e. The number of hydrogen-bond acceptors (Lipinski definition) is 4. The Bertz CT molecular complexity index is 601. The minimum atomic E-state index is 0.264. The second-order valence-corrected chi connectivity index (χ2v) is 5.92. The monoisotopic (exact) mass is 285 g/mol. The number of piperazine rings is 1. The molecule has 3 rings (SSSR count). The highest BCUT2D eigenvalue weighted by Gasteiger charge is 2.23. The van der Waals surface area contributed by atoms with Gasteiger partial charge in [-0.2, -0.15) is 0 Å². The van der Waals surface area contributed by atoms with E-state index in [9.17, 15) is 5.11 Å². The predicted octanol–water partition coefficient (Wildman–Crippen LogP) is 1.73. The molecule has 1 fully saturated rings. The highest BCUT2D eigenvalue weighted by Crippen LogP contribution is 2.17. The van der Waals surface area contributed by atoms with Crippen LogP contribution in [0, 0.1) is 0 Å². The van der Waals surface area contributed by atoms with E-state index in [-0.39, 0.29) is 6.61 Å². The van der Waals surface area contributed by atoms with Gasteiger partial charge in [0.1, 0.15) is 0 Å².